The van der Waals surface area contributed by atoms with Gasteiger partial charge in [0.1, 0.15) is 0 Å². The summed E-state index contributed by atoms with van der Waals surface area (Å²) in [5.74, 6) is 1.01. The number of fused-ring (bicyclic) bond motifs is 1. The van der Waals surface area contributed by atoms with E-state index >= 15 is 0 Å². The Morgan fingerprint density at radius 1 is 1.25 bits per heavy atom. The largest absolute Gasteiger partial charge is 0.342 e. The molecule has 0 aromatic carbocycles. The molecule has 3 aliphatic rings. The third-order valence-corrected chi connectivity index (χ3v) is 5.65. The van der Waals surface area contributed by atoms with Crippen LogP contribution in [0.5, 0.6) is 0 Å². The number of likely N-dealkylation sites (tertiary alicyclic amines) is 2. The molecule has 0 N–H and O–H groups in total. The quantitative estimate of drug-likeness (QED) is 0.740. The second-order valence-electron chi connectivity index (χ2n) is 7.30. The Morgan fingerprint density at radius 3 is 2.88 bits per heavy atom. The van der Waals surface area contributed by atoms with Gasteiger partial charge in [0.05, 0.1) is 6.61 Å². The van der Waals surface area contributed by atoms with Crippen LogP contribution in [-0.2, 0) is 14.4 Å². The highest BCUT2D eigenvalue weighted by atomic mass is 16.7. The van der Waals surface area contributed by atoms with Crippen molar-refractivity contribution >= 4 is 11.8 Å². The molecule has 136 valence electrons. The van der Waals surface area contributed by atoms with Gasteiger partial charge in [-0.05, 0) is 31.6 Å². The van der Waals surface area contributed by atoms with Crippen LogP contribution in [-0.4, -0.2) is 72.0 Å². The number of unbranched alkanes of at least 4 members (excludes halogenated alkanes) is 1. The molecule has 0 bridgehead atoms. The van der Waals surface area contributed by atoms with Gasteiger partial charge in [0, 0.05) is 51.6 Å². The first kappa shape index (κ1) is 17.7. The monoisotopic (exact) mass is 337 g/mol. The van der Waals surface area contributed by atoms with Crippen LogP contribution in [0.4, 0.5) is 0 Å². The fourth-order valence-corrected chi connectivity index (χ4v) is 4.25. The van der Waals surface area contributed by atoms with E-state index < -0.39 is 0 Å². The standard InChI is InChI=1S/C18H31N3O3/c1-2-3-10-21-16-7-11-19(14-15(16)5-6-18(21)23)17(22)8-12-20-9-4-13-24-20/h15-16H,2-14H2,1H3/t15-,16+/m0/s1. The molecule has 0 spiro atoms. The minimum atomic E-state index is 0.237. The zero-order valence-corrected chi connectivity index (χ0v) is 14.9. The molecule has 0 aromatic heterocycles. The van der Waals surface area contributed by atoms with Crippen LogP contribution in [0.3, 0.4) is 0 Å². The first-order valence-electron chi connectivity index (χ1n) is 9.64. The van der Waals surface area contributed by atoms with Gasteiger partial charge in [-0.15, -0.1) is 0 Å². The Bertz CT molecular complexity index is 451. The first-order chi connectivity index (χ1) is 11.7. The maximum Gasteiger partial charge on any atom is 0.223 e. The lowest BCUT2D eigenvalue weighted by Gasteiger charge is -2.47. The van der Waals surface area contributed by atoms with Crippen LogP contribution >= 0.6 is 0 Å². The van der Waals surface area contributed by atoms with E-state index in [4.69, 9.17) is 4.84 Å². The SMILES string of the molecule is CCCCN1C(=O)CC[C@H]2CN(C(=O)CCN3CCCO3)CC[C@H]21. The number of hydrogen-bond donors (Lipinski definition) is 0. The van der Waals surface area contributed by atoms with Crippen LogP contribution in [0.25, 0.3) is 0 Å². The molecule has 0 unspecified atom stereocenters. The lowest BCUT2D eigenvalue weighted by molar-refractivity contribution is -0.146. The van der Waals surface area contributed by atoms with Crippen molar-refractivity contribution in [3.05, 3.63) is 0 Å². The predicted octanol–water partition coefficient (Wildman–Crippen LogP) is 1.65. The van der Waals surface area contributed by atoms with Gasteiger partial charge in [-0.3, -0.25) is 14.4 Å². The number of rotatable bonds is 6. The van der Waals surface area contributed by atoms with Gasteiger partial charge in [0.25, 0.3) is 0 Å². The number of amides is 2. The van der Waals surface area contributed by atoms with E-state index in [1.165, 1.54) is 0 Å². The summed E-state index contributed by atoms with van der Waals surface area (Å²) in [6.45, 7) is 7.07. The van der Waals surface area contributed by atoms with Gasteiger partial charge < -0.3 is 9.80 Å². The molecular weight excluding hydrogens is 306 g/mol. The highest BCUT2D eigenvalue weighted by Gasteiger charge is 2.39. The summed E-state index contributed by atoms with van der Waals surface area (Å²) in [4.78, 5) is 34.3. The predicted molar refractivity (Wildman–Crippen MR) is 91.1 cm³/mol. The normalized spacial score (nSPS) is 28.3. The molecule has 24 heavy (non-hydrogen) atoms. The van der Waals surface area contributed by atoms with Crippen molar-refractivity contribution in [3.8, 4) is 0 Å². The van der Waals surface area contributed by atoms with Crippen LogP contribution in [0.15, 0.2) is 0 Å². The van der Waals surface area contributed by atoms with E-state index in [1.807, 2.05) is 9.96 Å². The summed E-state index contributed by atoms with van der Waals surface area (Å²) < 4.78 is 0. The maximum atomic E-state index is 12.5. The number of carbonyl (C=O) groups is 2. The third-order valence-electron chi connectivity index (χ3n) is 5.65. The third kappa shape index (κ3) is 4.09. The topological polar surface area (TPSA) is 53.1 Å². The van der Waals surface area contributed by atoms with Gasteiger partial charge in [-0.2, -0.15) is 5.06 Å². The van der Waals surface area contributed by atoms with Crippen molar-refractivity contribution in [2.24, 2.45) is 5.92 Å². The van der Waals surface area contributed by atoms with Crippen molar-refractivity contribution in [2.75, 3.05) is 39.3 Å². The number of nitrogens with zero attached hydrogens (tertiary/aromatic N) is 3. The molecule has 0 radical (unpaired) electrons. The molecule has 6 nitrogen and oxygen atoms in total. The van der Waals surface area contributed by atoms with E-state index in [-0.39, 0.29) is 5.91 Å². The fraction of sp³-hybridized carbons (Fsp3) is 0.889. The summed E-state index contributed by atoms with van der Waals surface area (Å²) in [6, 6.07) is 0.351. The molecule has 0 saturated carbocycles. The minimum absolute atomic E-state index is 0.237. The van der Waals surface area contributed by atoms with Crippen LogP contribution < -0.4 is 0 Å². The molecule has 2 amide bonds. The lowest BCUT2D eigenvalue weighted by Crippen LogP contribution is -2.57. The highest BCUT2D eigenvalue weighted by Crippen LogP contribution is 2.31. The summed E-state index contributed by atoms with van der Waals surface area (Å²) in [5.41, 5.74) is 0. The summed E-state index contributed by atoms with van der Waals surface area (Å²) in [6.07, 6.45) is 6.31. The van der Waals surface area contributed by atoms with Gasteiger partial charge in [-0.25, -0.2) is 0 Å². The molecule has 3 heterocycles. The van der Waals surface area contributed by atoms with E-state index in [2.05, 4.69) is 11.8 Å². The Hall–Kier alpha value is -1.14. The second-order valence-corrected chi connectivity index (χ2v) is 7.30. The summed E-state index contributed by atoms with van der Waals surface area (Å²) in [7, 11) is 0. The van der Waals surface area contributed by atoms with E-state index in [9.17, 15) is 9.59 Å². The Balaban J connectivity index is 1.50. The van der Waals surface area contributed by atoms with Crippen LogP contribution in [0, 0.1) is 5.92 Å². The summed E-state index contributed by atoms with van der Waals surface area (Å²) in [5, 5.41) is 1.91. The second kappa shape index (κ2) is 8.30. The lowest BCUT2D eigenvalue weighted by atomic mass is 9.83. The fourth-order valence-electron chi connectivity index (χ4n) is 4.25. The highest BCUT2D eigenvalue weighted by molar-refractivity contribution is 5.78. The van der Waals surface area contributed by atoms with Crippen molar-refractivity contribution in [2.45, 2.75) is 57.9 Å². The zero-order chi connectivity index (χ0) is 16.9. The van der Waals surface area contributed by atoms with Gasteiger partial charge >= 0.3 is 0 Å². The Labute approximate surface area is 145 Å². The minimum Gasteiger partial charge on any atom is -0.342 e. The number of piperidine rings is 2. The molecule has 2 atom stereocenters. The smallest absolute Gasteiger partial charge is 0.223 e. The van der Waals surface area contributed by atoms with Crippen molar-refractivity contribution in [1.29, 1.82) is 0 Å². The molecule has 3 aliphatic heterocycles. The number of hydroxylamine groups is 2. The van der Waals surface area contributed by atoms with Gasteiger partial charge in [0.2, 0.25) is 11.8 Å². The van der Waals surface area contributed by atoms with Gasteiger partial charge in [-0.1, -0.05) is 13.3 Å². The Kier molecular flexibility index (Phi) is 6.11. The maximum absolute atomic E-state index is 12.5. The Morgan fingerprint density at radius 2 is 2.12 bits per heavy atom. The molecule has 3 rings (SSSR count). The molecule has 6 heteroatoms. The van der Waals surface area contributed by atoms with E-state index in [1.54, 1.807) is 0 Å². The average molecular weight is 337 g/mol. The molecule has 0 aromatic rings. The summed E-state index contributed by atoms with van der Waals surface area (Å²) >= 11 is 0. The van der Waals surface area contributed by atoms with Crippen LogP contribution in [0.2, 0.25) is 0 Å². The molecule has 3 saturated heterocycles. The molecule has 3 fully saturated rings. The zero-order valence-electron chi connectivity index (χ0n) is 14.9. The molecule has 0 aliphatic carbocycles. The van der Waals surface area contributed by atoms with E-state index in [0.29, 0.717) is 37.3 Å². The molecular formula is C18H31N3O3. The van der Waals surface area contributed by atoms with Crippen molar-refractivity contribution in [1.82, 2.24) is 14.9 Å². The van der Waals surface area contributed by atoms with Crippen molar-refractivity contribution < 1.29 is 14.4 Å². The van der Waals surface area contributed by atoms with Crippen molar-refractivity contribution in [3.63, 3.8) is 0 Å². The first-order valence-corrected chi connectivity index (χ1v) is 9.64. The van der Waals surface area contributed by atoms with Crippen LogP contribution in [0.1, 0.15) is 51.9 Å². The average Bonchev–Trinajstić information content (AvgIpc) is 3.12. The number of hydrogen-bond acceptors (Lipinski definition) is 4. The number of carbonyl (C=O) groups excluding carboxylic acids is 2. The van der Waals surface area contributed by atoms with E-state index in [0.717, 1.165) is 64.9 Å². The van der Waals surface area contributed by atoms with Gasteiger partial charge in [0.15, 0.2) is 0 Å².